The first kappa shape index (κ1) is 6.14. The lowest BCUT2D eigenvalue weighted by Gasteiger charge is -1.82. The number of nitrogens with two attached hydrogens (primary N) is 2. The summed E-state index contributed by atoms with van der Waals surface area (Å²) >= 11 is 0. The predicted molar refractivity (Wildman–Crippen MR) is 31.4 cm³/mol. The van der Waals surface area contributed by atoms with E-state index < -0.39 is 0 Å². The van der Waals surface area contributed by atoms with Crippen LogP contribution >= 0.6 is 0 Å². The first-order chi connectivity index (χ1) is 3.31. The second-order valence-corrected chi connectivity index (χ2v) is 1.03. The fourth-order valence-corrected chi connectivity index (χ4v) is 0.167. The second kappa shape index (κ2) is 3.34. The molecule has 0 saturated heterocycles. The zero-order chi connectivity index (χ0) is 5.70. The minimum atomic E-state index is 0.475. The Morgan fingerprint density at radius 3 is 2.14 bits per heavy atom. The van der Waals surface area contributed by atoms with Crippen molar-refractivity contribution < 1.29 is 0 Å². The van der Waals surface area contributed by atoms with E-state index in [0.29, 0.717) is 5.47 Å². The highest BCUT2D eigenvalue weighted by Crippen LogP contribution is 1.80. The van der Waals surface area contributed by atoms with Crippen LogP contribution in [0, 0.1) is 0 Å². The Morgan fingerprint density at radius 2 is 2.00 bits per heavy atom. The van der Waals surface area contributed by atoms with Gasteiger partial charge in [-0.1, -0.05) is 11.5 Å². The molecule has 0 heterocycles. The van der Waals surface area contributed by atoms with Crippen molar-refractivity contribution in [3.63, 3.8) is 0 Å². The maximum atomic E-state index is 5.15. The molecular formula is C4H7BN2. The van der Waals surface area contributed by atoms with Crippen LogP contribution in [0.15, 0.2) is 23.9 Å². The molecule has 3 heteroatoms. The Hall–Kier alpha value is -0.855. The number of rotatable bonds is 1. The van der Waals surface area contributed by atoms with Gasteiger partial charge in [-0.05, 0) is 12.4 Å². The van der Waals surface area contributed by atoms with Crippen LogP contribution in [-0.4, -0.2) is 7.85 Å². The highest BCUT2D eigenvalue weighted by atomic mass is 14.5. The summed E-state index contributed by atoms with van der Waals surface area (Å²) in [5.41, 5.74) is 10.4. The zero-order valence-corrected chi connectivity index (χ0v) is 3.96. The third-order valence-corrected chi connectivity index (χ3v) is 0.481. The Balaban J connectivity index is 3.58. The fraction of sp³-hybridized carbons (Fsp3) is 0. The number of allylic oxidation sites excluding steroid dienone is 2. The number of hydrogen-bond acceptors (Lipinski definition) is 2. The summed E-state index contributed by atoms with van der Waals surface area (Å²) in [6.07, 6.45) is 4.13. The van der Waals surface area contributed by atoms with Crippen molar-refractivity contribution >= 4 is 7.85 Å². The van der Waals surface area contributed by atoms with E-state index in [2.05, 4.69) is 0 Å². The predicted octanol–water partition coefficient (Wildman–Crippen LogP) is -0.573. The van der Waals surface area contributed by atoms with Crippen LogP contribution in [0.4, 0.5) is 0 Å². The van der Waals surface area contributed by atoms with Gasteiger partial charge < -0.3 is 11.5 Å². The van der Waals surface area contributed by atoms with Crippen molar-refractivity contribution in [3.8, 4) is 0 Å². The summed E-state index contributed by atoms with van der Waals surface area (Å²) in [6, 6.07) is 0. The Kier molecular flexibility index (Phi) is 2.93. The van der Waals surface area contributed by atoms with E-state index in [1.54, 1.807) is 0 Å². The highest BCUT2D eigenvalue weighted by molar-refractivity contribution is 6.23. The largest absolute Gasteiger partial charge is 0.405 e. The minimum Gasteiger partial charge on any atom is -0.405 e. The van der Waals surface area contributed by atoms with E-state index in [9.17, 15) is 0 Å². The molecule has 0 aliphatic carbocycles. The highest BCUT2D eigenvalue weighted by Gasteiger charge is 1.70. The van der Waals surface area contributed by atoms with Gasteiger partial charge in [0.25, 0.3) is 0 Å². The minimum absolute atomic E-state index is 0.475. The van der Waals surface area contributed by atoms with Crippen molar-refractivity contribution in [3.05, 3.63) is 23.9 Å². The lowest BCUT2D eigenvalue weighted by Crippen LogP contribution is -1.85. The van der Waals surface area contributed by atoms with Gasteiger partial charge >= 0.3 is 0 Å². The molecule has 0 rings (SSSR count). The molecule has 0 saturated carbocycles. The third-order valence-electron chi connectivity index (χ3n) is 0.481. The van der Waals surface area contributed by atoms with Crippen molar-refractivity contribution in [2.45, 2.75) is 0 Å². The first-order valence-corrected chi connectivity index (χ1v) is 1.87. The van der Waals surface area contributed by atoms with E-state index in [1.807, 2.05) is 0 Å². The Labute approximate surface area is 44.3 Å². The maximum absolute atomic E-state index is 5.15. The molecule has 0 aromatic rings. The van der Waals surface area contributed by atoms with Gasteiger partial charge in [0.2, 0.25) is 0 Å². The molecule has 0 unspecified atom stereocenters. The van der Waals surface area contributed by atoms with Gasteiger partial charge in [0.1, 0.15) is 7.85 Å². The zero-order valence-electron chi connectivity index (χ0n) is 3.96. The fourth-order valence-electron chi connectivity index (χ4n) is 0.167. The summed E-state index contributed by atoms with van der Waals surface area (Å²) in [6.45, 7) is 0. The molecule has 4 N–H and O–H groups in total. The smallest absolute Gasteiger partial charge is 0.115 e. The maximum Gasteiger partial charge on any atom is 0.115 e. The Morgan fingerprint density at radius 1 is 1.43 bits per heavy atom. The van der Waals surface area contributed by atoms with E-state index in [1.165, 1.54) is 18.5 Å². The van der Waals surface area contributed by atoms with Crippen LogP contribution in [-0.2, 0) is 0 Å². The molecule has 0 amide bonds. The quantitative estimate of drug-likeness (QED) is 0.337. The van der Waals surface area contributed by atoms with Gasteiger partial charge in [-0.3, -0.25) is 0 Å². The third kappa shape index (κ3) is 2.96. The van der Waals surface area contributed by atoms with E-state index in [0.717, 1.165) is 0 Å². The van der Waals surface area contributed by atoms with Gasteiger partial charge in [0.05, 0.1) is 0 Å². The van der Waals surface area contributed by atoms with Crippen LogP contribution in [0.1, 0.15) is 0 Å². The van der Waals surface area contributed by atoms with E-state index in [4.69, 9.17) is 19.3 Å². The van der Waals surface area contributed by atoms with Gasteiger partial charge in [0.15, 0.2) is 0 Å². The van der Waals surface area contributed by atoms with Gasteiger partial charge in [-0.25, -0.2) is 0 Å². The molecule has 0 aromatic carbocycles. The molecule has 2 nitrogen and oxygen atoms in total. The lowest BCUT2D eigenvalue weighted by atomic mass is 9.97. The van der Waals surface area contributed by atoms with Gasteiger partial charge in [0, 0.05) is 0 Å². The first-order valence-electron chi connectivity index (χ1n) is 1.87. The van der Waals surface area contributed by atoms with Crippen LogP contribution in [0.25, 0.3) is 0 Å². The molecule has 0 bridgehead atoms. The summed E-state index contributed by atoms with van der Waals surface area (Å²) in [4.78, 5) is 0. The Bertz CT molecular complexity index is 95.9. The lowest BCUT2D eigenvalue weighted by molar-refractivity contribution is 1.54. The summed E-state index contributed by atoms with van der Waals surface area (Å²) in [5, 5.41) is 0. The van der Waals surface area contributed by atoms with Crippen LogP contribution < -0.4 is 11.5 Å². The van der Waals surface area contributed by atoms with Gasteiger partial charge in [-0.2, -0.15) is 0 Å². The average molecular weight is 93.9 g/mol. The molecule has 7 heavy (non-hydrogen) atoms. The van der Waals surface area contributed by atoms with Crippen molar-refractivity contribution in [1.82, 2.24) is 0 Å². The SMILES string of the molecule is [B]C(/C=C\N)=C/N. The molecule has 0 aliphatic heterocycles. The van der Waals surface area contributed by atoms with Crippen molar-refractivity contribution in [2.75, 3.05) is 0 Å². The molecule has 0 aliphatic rings. The second-order valence-electron chi connectivity index (χ2n) is 1.03. The monoisotopic (exact) mass is 94.1 g/mol. The molecule has 0 spiro atoms. The molecule has 0 fully saturated rings. The van der Waals surface area contributed by atoms with Crippen molar-refractivity contribution in [1.29, 1.82) is 0 Å². The number of hydrogen-bond donors (Lipinski definition) is 2. The normalized spacial score (nSPS) is 12.9. The summed E-state index contributed by atoms with van der Waals surface area (Å²) in [7, 11) is 5.15. The van der Waals surface area contributed by atoms with E-state index in [-0.39, 0.29) is 0 Å². The summed E-state index contributed by atoms with van der Waals surface area (Å²) < 4.78 is 0. The molecule has 2 radical (unpaired) electrons. The molecular weight excluding hydrogens is 86.9 g/mol. The van der Waals surface area contributed by atoms with Crippen molar-refractivity contribution in [2.24, 2.45) is 11.5 Å². The molecule has 36 valence electrons. The molecule has 0 atom stereocenters. The average Bonchev–Trinajstić information content (AvgIpc) is 1.68. The molecule has 0 aromatic heterocycles. The van der Waals surface area contributed by atoms with Gasteiger partial charge in [-0.15, -0.1) is 0 Å². The van der Waals surface area contributed by atoms with Crippen LogP contribution in [0.3, 0.4) is 0 Å². The summed E-state index contributed by atoms with van der Waals surface area (Å²) in [5.74, 6) is 0. The van der Waals surface area contributed by atoms with Crippen LogP contribution in [0.5, 0.6) is 0 Å². The topological polar surface area (TPSA) is 52.0 Å². The van der Waals surface area contributed by atoms with Crippen LogP contribution in [0.2, 0.25) is 0 Å². The standard InChI is InChI=1S/C4H7BN2/c5-4(3-7)1-2-6/h1-3H,6-7H2/b2-1-,4-3+. The van der Waals surface area contributed by atoms with E-state index >= 15 is 0 Å².